The zero-order chi connectivity index (χ0) is 16.8. The Kier molecular flexibility index (Phi) is 9.63. The molecule has 9 heteroatoms. The lowest BCUT2D eigenvalue weighted by Crippen LogP contribution is -2.39. The van der Waals surface area contributed by atoms with Crippen molar-refractivity contribution in [3.05, 3.63) is 35.1 Å². The molecule has 0 bridgehead atoms. The SMILES string of the molecule is CCNC(=NCCS(N)(=O)=O)NC(C)c1ccc(C)c(F)c1.I. The molecule has 0 amide bonds. The summed E-state index contributed by atoms with van der Waals surface area (Å²) in [5, 5.41) is 11.0. The number of rotatable bonds is 6. The summed E-state index contributed by atoms with van der Waals surface area (Å²) < 4.78 is 35.4. The first-order valence-corrected chi connectivity index (χ1v) is 8.76. The van der Waals surface area contributed by atoms with Gasteiger partial charge < -0.3 is 10.6 Å². The van der Waals surface area contributed by atoms with Crippen molar-refractivity contribution in [1.29, 1.82) is 0 Å². The largest absolute Gasteiger partial charge is 0.357 e. The predicted molar refractivity (Wildman–Crippen MR) is 102 cm³/mol. The number of primary sulfonamides is 1. The third-order valence-electron chi connectivity index (χ3n) is 3.04. The number of nitrogens with zero attached hydrogens (tertiary/aromatic N) is 1. The van der Waals surface area contributed by atoms with Gasteiger partial charge in [-0.25, -0.2) is 17.9 Å². The molecule has 23 heavy (non-hydrogen) atoms. The molecular weight excluding hydrogens is 434 g/mol. The second kappa shape index (κ2) is 10.0. The summed E-state index contributed by atoms with van der Waals surface area (Å²) in [6.07, 6.45) is 0. The standard InChI is InChI=1S/C14H23FN4O2S.HI/c1-4-17-14(18-7-8-22(16,20)21)19-11(3)12-6-5-10(2)13(15)9-12;/h5-6,9,11H,4,7-8H2,1-3H3,(H2,16,20,21)(H2,17,18,19);1H. The number of nitrogens with two attached hydrogens (primary N) is 1. The molecule has 0 spiro atoms. The van der Waals surface area contributed by atoms with Crippen LogP contribution in [0.1, 0.15) is 31.0 Å². The van der Waals surface area contributed by atoms with Crippen LogP contribution in [0, 0.1) is 12.7 Å². The quantitative estimate of drug-likeness (QED) is 0.343. The minimum atomic E-state index is -3.54. The molecule has 0 aliphatic carbocycles. The van der Waals surface area contributed by atoms with E-state index < -0.39 is 10.0 Å². The van der Waals surface area contributed by atoms with Crippen LogP contribution in [0.2, 0.25) is 0 Å². The van der Waals surface area contributed by atoms with Crippen LogP contribution < -0.4 is 15.8 Å². The number of guanidine groups is 1. The van der Waals surface area contributed by atoms with Gasteiger partial charge in [0.2, 0.25) is 10.0 Å². The lowest BCUT2D eigenvalue weighted by molar-refractivity contribution is 0.597. The maximum absolute atomic E-state index is 13.6. The monoisotopic (exact) mass is 458 g/mol. The summed E-state index contributed by atoms with van der Waals surface area (Å²) in [6.45, 7) is 6.15. The van der Waals surface area contributed by atoms with Crippen molar-refractivity contribution in [3.8, 4) is 0 Å². The van der Waals surface area contributed by atoms with Crippen molar-refractivity contribution in [2.24, 2.45) is 10.1 Å². The van der Waals surface area contributed by atoms with Crippen molar-refractivity contribution in [2.45, 2.75) is 26.8 Å². The third kappa shape index (κ3) is 8.47. The van der Waals surface area contributed by atoms with E-state index in [1.54, 1.807) is 13.0 Å². The van der Waals surface area contributed by atoms with Crippen molar-refractivity contribution < 1.29 is 12.8 Å². The van der Waals surface area contributed by atoms with Crippen LogP contribution in [0.15, 0.2) is 23.2 Å². The number of hydrogen-bond donors (Lipinski definition) is 3. The Morgan fingerprint density at radius 3 is 2.61 bits per heavy atom. The van der Waals surface area contributed by atoms with Gasteiger partial charge in [-0.15, -0.1) is 24.0 Å². The van der Waals surface area contributed by atoms with Gasteiger partial charge in [-0.3, -0.25) is 4.99 Å². The van der Waals surface area contributed by atoms with Crippen LogP contribution in [0.25, 0.3) is 0 Å². The molecule has 1 atom stereocenters. The number of nitrogens with one attached hydrogen (secondary N) is 2. The number of aliphatic imine (C=N–C) groups is 1. The second-order valence-corrected chi connectivity index (χ2v) is 6.74. The van der Waals surface area contributed by atoms with E-state index in [1.165, 1.54) is 6.07 Å². The van der Waals surface area contributed by atoms with Gasteiger partial charge in [0, 0.05) is 6.54 Å². The zero-order valence-corrected chi connectivity index (χ0v) is 16.6. The van der Waals surface area contributed by atoms with Crippen molar-refractivity contribution >= 4 is 40.0 Å². The Morgan fingerprint density at radius 2 is 2.09 bits per heavy atom. The maximum Gasteiger partial charge on any atom is 0.210 e. The molecule has 0 saturated carbocycles. The van der Waals surface area contributed by atoms with Crippen LogP contribution >= 0.6 is 24.0 Å². The fourth-order valence-electron chi connectivity index (χ4n) is 1.77. The van der Waals surface area contributed by atoms with Gasteiger partial charge in [0.25, 0.3) is 0 Å². The van der Waals surface area contributed by atoms with Gasteiger partial charge in [-0.05, 0) is 38.0 Å². The van der Waals surface area contributed by atoms with E-state index in [0.717, 1.165) is 5.56 Å². The van der Waals surface area contributed by atoms with E-state index in [1.807, 2.05) is 19.9 Å². The van der Waals surface area contributed by atoms with E-state index >= 15 is 0 Å². The number of sulfonamides is 1. The lowest BCUT2D eigenvalue weighted by atomic mass is 10.1. The minimum absolute atomic E-state index is 0. The second-order valence-electron chi connectivity index (χ2n) is 5.00. The summed E-state index contributed by atoms with van der Waals surface area (Å²) in [6, 6.07) is 4.85. The summed E-state index contributed by atoms with van der Waals surface area (Å²) in [7, 11) is -3.54. The lowest BCUT2D eigenvalue weighted by Gasteiger charge is -2.18. The highest BCUT2D eigenvalue weighted by atomic mass is 127. The van der Waals surface area contributed by atoms with E-state index in [-0.39, 0.29) is 48.1 Å². The molecule has 132 valence electrons. The minimum Gasteiger partial charge on any atom is -0.357 e. The maximum atomic E-state index is 13.6. The smallest absolute Gasteiger partial charge is 0.210 e. The van der Waals surface area contributed by atoms with Crippen LogP contribution in [0.4, 0.5) is 4.39 Å². The molecule has 0 aliphatic rings. The van der Waals surface area contributed by atoms with Crippen molar-refractivity contribution in [1.82, 2.24) is 10.6 Å². The fourth-order valence-corrected chi connectivity index (χ4v) is 2.12. The molecule has 1 aromatic rings. The van der Waals surface area contributed by atoms with Gasteiger partial charge in [-0.1, -0.05) is 12.1 Å². The molecular formula is C14H24FIN4O2S. The molecule has 0 saturated heterocycles. The van der Waals surface area contributed by atoms with E-state index in [4.69, 9.17) is 5.14 Å². The highest BCUT2D eigenvalue weighted by Gasteiger charge is 2.10. The Hall–Kier alpha value is -0.940. The summed E-state index contributed by atoms with van der Waals surface area (Å²) in [5.41, 5.74) is 1.37. The van der Waals surface area contributed by atoms with Gasteiger partial charge in [0.05, 0.1) is 18.3 Å². The molecule has 0 radical (unpaired) electrons. The highest BCUT2D eigenvalue weighted by molar-refractivity contribution is 14.0. The first-order valence-electron chi connectivity index (χ1n) is 7.04. The van der Waals surface area contributed by atoms with Crippen molar-refractivity contribution in [2.75, 3.05) is 18.8 Å². The van der Waals surface area contributed by atoms with Gasteiger partial charge in [0.15, 0.2) is 5.96 Å². The molecule has 0 heterocycles. The average Bonchev–Trinajstić information content (AvgIpc) is 2.40. The molecule has 4 N–H and O–H groups in total. The Morgan fingerprint density at radius 1 is 1.43 bits per heavy atom. The van der Waals surface area contributed by atoms with Gasteiger partial charge in [-0.2, -0.15) is 0 Å². The van der Waals surface area contributed by atoms with E-state index in [9.17, 15) is 12.8 Å². The van der Waals surface area contributed by atoms with Crippen LogP contribution in [-0.4, -0.2) is 33.2 Å². The normalized spacial score (nSPS) is 13.2. The third-order valence-corrected chi connectivity index (χ3v) is 3.79. The van der Waals surface area contributed by atoms with Crippen LogP contribution in [-0.2, 0) is 10.0 Å². The first kappa shape index (κ1) is 22.1. The van der Waals surface area contributed by atoms with E-state index in [2.05, 4.69) is 15.6 Å². The summed E-state index contributed by atoms with van der Waals surface area (Å²) in [5.74, 6) is -0.0288. The van der Waals surface area contributed by atoms with E-state index in [0.29, 0.717) is 18.1 Å². The zero-order valence-electron chi connectivity index (χ0n) is 13.5. The fraction of sp³-hybridized carbons (Fsp3) is 0.500. The number of benzene rings is 1. The molecule has 1 rings (SSSR count). The molecule has 1 unspecified atom stereocenters. The Bertz CT molecular complexity index is 638. The molecule has 6 nitrogen and oxygen atoms in total. The number of hydrogen-bond acceptors (Lipinski definition) is 3. The number of halogens is 2. The van der Waals surface area contributed by atoms with Crippen LogP contribution in [0.5, 0.6) is 0 Å². The van der Waals surface area contributed by atoms with Crippen LogP contribution in [0.3, 0.4) is 0 Å². The van der Waals surface area contributed by atoms with Crippen molar-refractivity contribution in [3.63, 3.8) is 0 Å². The summed E-state index contributed by atoms with van der Waals surface area (Å²) in [4.78, 5) is 4.15. The summed E-state index contributed by atoms with van der Waals surface area (Å²) >= 11 is 0. The van der Waals surface area contributed by atoms with Gasteiger partial charge in [0.1, 0.15) is 5.82 Å². The molecule has 0 aliphatic heterocycles. The molecule has 1 aromatic carbocycles. The Balaban J connectivity index is 0.00000484. The number of aryl methyl sites for hydroxylation is 1. The predicted octanol–water partition coefficient (Wildman–Crippen LogP) is 1.66. The van der Waals surface area contributed by atoms with Gasteiger partial charge >= 0.3 is 0 Å². The topological polar surface area (TPSA) is 96.6 Å². The highest BCUT2D eigenvalue weighted by Crippen LogP contribution is 2.16. The average molecular weight is 458 g/mol. The Labute approximate surface area is 154 Å². The first-order chi connectivity index (χ1) is 10.2. The molecule has 0 fully saturated rings. The molecule has 0 aromatic heterocycles.